The monoisotopic (exact) mass is 432 g/mol. The number of hydroxylamine groups is 2. The topological polar surface area (TPSA) is 283 Å². The summed E-state index contributed by atoms with van der Waals surface area (Å²) in [6, 6.07) is 0. The minimum atomic E-state index is -2.21. The average Bonchev–Trinajstić information content (AvgIpc) is 2.85. The van der Waals surface area contributed by atoms with E-state index in [1.165, 1.54) is 0 Å². The van der Waals surface area contributed by atoms with Gasteiger partial charge in [0.1, 0.15) is 0 Å². The molecular weight excluding hydrogens is 428 g/mol. The van der Waals surface area contributed by atoms with Crippen LogP contribution in [0.4, 0.5) is 28.4 Å². The summed E-state index contributed by atoms with van der Waals surface area (Å²) in [7, 11) is 0. The van der Waals surface area contributed by atoms with Crippen LogP contribution in [-0.4, -0.2) is 52.8 Å². The number of amides is 2. The number of carbonyl (C=O) groups excluding carboxylic acids is 2. The molecule has 2 amide bonds. The first-order valence-corrected chi connectivity index (χ1v) is 6.99. The fourth-order valence-corrected chi connectivity index (χ4v) is 2.46. The van der Waals surface area contributed by atoms with Gasteiger partial charge in [0.25, 0.3) is 17.6 Å². The molecule has 1 N–H and O–H groups in total. The van der Waals surface area contributed by atoms with Gasteiger partial charge in [0.05, 0.1) is 31.0 Å². The zero-order chi connectivity index (χ0) is 23.1. The number of ether oxygens (including phenoxy) is 1. The van der Waals surface area contributed by atoms with Crippen molar-refractivity contribution in [1.82, 2.24) is 5.06 Å². The summed E-state index contributed by atoms with van der Waals surface area (Å²) in [5.41, 5.74) is -10.5. The van der Waals surface area contributed by atoms with E-state index >= 15 is 0 Å². The Kier molecular flexibility index (Phi) is 5.19. The number of benzene rings is 1. The first-order chi connectivity index (χ1) is 13.8. The molecule has 1 unspecified atom stereocenters. The van der Waals surface area contributed by atoms with Gasteiger partial charge >= 0.3 is 28.4 Å². The van der Waals surface area contributed by atoms with Crippen LogP contribution in [0.3, 0.4) is 0 Å². The predicted octanol–water partition coefficient (Wildman–Crippen LogP) is 0.123. The molecule has 158 valence electrons. The number of nitrogens with zero attached hydrogens (tertiary/aromatic N) is 6. The molecule has 0 aromatic heterocycles. The second-order valence-corrected chi connectivity index (χ2v) is 5.21. The highest BCUT2D eigenvalue weighted by atomic mass is 16.7. The predicted molar refractivity (Wildman–Crippen MR) is 82.4 cm³/mol. The lowest BCUT2D eigenvalue weighted by Crippen LogP contribution is -2.31. The van der Waals surface area contributed by atoms with E-state index in [-0.39, 0.29) is 0 Å². The Bertz CT molecular complexity index is 1010. The third kappa shape index (κ3) is 3.24. The minimum absolute atomic E-state index is 0.517. The Hall–Kier alpha value is -4.88. The van der Waals surface area contributed by atoms with E-state index < -0.39 is 88.2 Å². The molecule has 20 nitrogen and oxygen atoms in total. The average molecular weight is 432 g/mol. The van der Waals surface area contributed by atoms with E-state index in [1.54, 1.807) is 0 Å². The first kappa shape index (κ1) is 21.4. The SMILES string of the molecule is O=C1CC(Oc2c([N+](=O)[O-])c([N+](=O)[O-])c([N+](=O)[O-])c([N+](=O)[O-])c2[N+](=O)[O-])C(=O)N1O. The third-order valence-corrected chi connectivity index (χ3v) is 3.58. The highest BCUT2D eigenvalue weighted by Gasteiger charge is 2.57. The summed E-state index contributed by atoms with van der Waals surface area (Å²) in [6.45, 7) is 0. The zero-order valence-electron chi connectivity index (χ0n) is 13.7. The van der Waals surface area contributed by atoms with E-state index in [4.69, 9.17) is 5.21 Å². The molecule has 0 saturated carbocycles. The fraction of sp³-hybridized carbons (Fsp3) is 0.200. The number of imide groups is 1. The van der Waals surface area contributed by atoms with Gasteiger partial charge < -0.3 is 4.74 Å². The lowest BCUT2D eigenvalue weighted by molar-refractivity contribution is -0.460. The van der Waals surface area contributed by atoms with Gasteiger partial charge in [-0.2, -0.15) is 5.06 Å². The van der Waals surface area contributed by atoms with Gasteiger partial charge in [0.15, 0.2) is 6.10 Å². The molecule has 1 aromatic rings. The summed E-state index contributed by atoms with van der Waals surface area (Å²) >= 11 is 0. The largest absolute Gasteiger partial charge is 0.468 e. The smallest absolute Gasteiger partial charge is 0.437 e. The van der Waals surface area contributed by atoms with Crippen molar-refractivity contribution < 1.29 is 44.1 Å². The molecule has 20 heteroatoms. The van der Waals surface area contributed by atoms with Crippen LogP contribution >= 0.6 is 0 Å². The van der Waals surface area contributed by atoms with Crippen molar-refractivity contribution >= 4 is 40.3 Å². The molecule has 0 radical (unpaired) electrons. The molecule has 1 atom stereocenters. The highest BCUT2D eigenvalue weighted by Crippen LogP contribution is 2.56. The molecule has 1 aromatic carbocycles. The number of nitro benzene ring substituents is 5. The summed E-state index contributed by atoms with van der Waals surface area (Å²) in [5.74, 6) is -4.79. The van der Waals surface area contributed by atoms with Crippen molar-refractivity contribution in [3.8, 4) is 5.75 Å². The van der Waals surface area contributed by atoms with Crippen LogP contribution in [0.15, 0.2) is 0 Å². The van der Waals surface area contributed by atoms with E-state index in [1.807, 2.05) is 0 Å². The lowest BCUT2D eigenvalue weighted by atomic mass is 10.1. The Morgan fingerprint density at radius 1 is 0.733 bits per heavy atom. The maximum Gasteiger partial charge on any atom is 0.437 e. The van der Waals surface area contributed by atoms with Crippen LogP contribution < -0.4 is 4.74 Å². The normalized spacial score (nSPS) is 15.8. The van der Waals surface area contributed by atoms with Crippen LogP contribution in [0.25, 0.3) is 0 Å². The summed E-state index contributed by atoms with van der Waals surface area (Å²) < 4.78 is 4.64. The molecule has 1 saturated heterocycles. The number of hydrogen-bond acceptors (Lipinski definition) is 14. The Balaban J connectivity index is 3.04. The molecule has 1 fully saturated rings. The molecular formula is C10H4N6O14. The van der Waals surface area contributed by atoms with Gasteiger partial charge in [-0.3, -0.25) is 65.4 Å². The first-order valence-electron chi connectivity index (χ1n) is 6.99. The summed E-state index contributed by atoms with van der Waals surface area (Å²) in [6.07, 6.45) is -3.26. The number of carbonyl (C=O) groups is 2. The van der Waals surface area contributed by atoms with E-state index in [9.17, 15) is 60.2 Å². The van der Waals surface area contributed by atoms with Crippen molar-refractivity contribution in [1.29, 1.82) is 0 Å². The van der Waals surface area contributed by atoms with Crippen LogP contribution in [-0.2, 0) is 9.59 Å². The molecule has 0 spiro atoms. The molecule has 30 heavy (non-hydrogen) atoms. The van der Waals surface area contributed by atoms with Gasteiger partial charge in [-0.15, -0.1) is 0 Å². The minimum Gasteiger partial charge on any atom is -0.468 e. The molecule has 1 heterocycles. The molecule has 0 aliphatic carbocycles. The second-order valence-electron chi connectivity index (χ2n) is 5.21. The molecule has 1 aliphatic heterocycles. The number of nitro groups is 5. The summed E-state index contributed by atoms with van der Waals surface area (Å²) in [5, 5.41) is 65.0. The number of rotatable bonds is 7. The van der Waals surface area contributed by atoms with Gasteiger partial charge in [-0.05, 0) is 0 Å². The Morgan fingerprint density at radius 2 is 1.07 bits per heavy atom. The maximum absolute atomic E-state index is 11.7. The van der Waals surface area contributed by atoms with Gasteiger partial charge in [-0.25, -0.2) is 0 Å². The third-order valence-electron chi connectivity index (χ3n) is 3.58. The molecule has 2 rings (SSSR count). The van der Waals surface area contributed by atoms with E-state index in [2.05, 4.69) is 4.74 Å². The van der Waals surface area contributed by atoms with Crippen molar-refractivity contribution in [2.45, 2.75) is 12.5 Å². The van der Waals surface area contributed by atoms with Crippen LogP contribution in [0.2, 0.25) is 0 Å². The molecule has 1 aliphatic rings. The van der Waals surface area contributed by atoms with Crippen LogP contribution in [0.5, 0.6) is 5.75 Å². The quantitative estimate of drug-likeness (QED) is 0.259. The van der Waals surface area contributed by atoms with Crippen molar-refractivity contribution in [3.05, 3.63) is 50.6 Å². The number of hydrogen-bond donors (Lipinski definition) is 1. The van der Waals surface area contributed by atoms with E-state index in [0.29, 0.717) is 0 Å². The fourth-order valence-electron chi connectivity index (χ4n) is 2.46. The second kappa shape index (κ2) is 7.27. The zero-order valence-corrected chi connectivity index (χ0v) is 13.7. The standard InChI is InChI=1S/C10H4N6O14/c17-3-1-2(10(18)11(3)19)30-9-7(15(26)27)5(13(22)23)4(12(20)21)6(14(24)25)8(9)16(28)29/h2,19H,1H2. The summed E-state index contributed by atoms with van der Waals surface area (Å²) in [4.78, 5) is 70.6. The van der Waals surface area contributed by atoms with Gasteiger partial charge in [-0.1, -0.05) is 0 Å². The Labute approximate surface area is 159 Å². The highest BCUT2D eigenvalue weighted by molar-refractivity contribution is 6.04. The van der Waals surface area contributed by atoms with Gasteiger partial charge in [0.2, 0.25) is 0 Å². The van der Waals surface area contributed by atoms with Crippen molar-refractivity contribution in [2.24, 2.45) is 0 Å². The molecule has 0 bridgehead atoms. The Morgan fingerprint density at radius 3 is 1.33 bits per heavy atom. The van der Waals surface area contributed by atoms with Crippen molar-refractivity contribution in [3.63, 3.8) is 0 Å². The van der Waals surface area contributed by atoms with E-state index in [0.717, 1.165) is 0 Å². The maximum atomic E-state index is 11.7. The lowest BCUT2D eigenvalue weighted by Gasteiger charge is -2.11. The van der Waals surface area contributed by atoms with Gasteiger partial charge in [0, 0.05) is 0 Å². The van der Waals surface area contributed by atoms with Crippen LogP contribution in [0, 0.1) is 50.6 Å². The van der Waals surface area contributed by atoms with Crippen molar-refractivity contribution in [2.75, 3.05) is 0 Å². The van der Waals surface area contributed by atoms with Crippen LogP contribution in [0.1, 0.15) is 6.42 Å².